The van der Waals surface area contributed by atoms with Gasteiger partial charge in [-0.1, -0.05) is 0 Å². The van der Waals surface area contributed by atoms with Gasteiger partial charge in [-0.2, -0.15) is 0 Å². The van der Waals surface area contributed by atoms with Crippen LogP contribution in [0.15, 0.2) is 35.5 Å². The molecule has 0 radical (unpaired) electrons. The topological polar surface area (TPSA) is 136 Å². The SMILES string of the molecule is CC(=C1C=Nc2ccc(NC(N)=O)cc21)c1cc(CNC(=O)C2CNCCN2)c[nH]1. The van der Waals surface area contributed by atoms with Crippen LogP contribution >= 0.6 is 0 Å². The molecule has 0 bridgehead atoms. The number of carbonyl (C=O) groups excluding carboxylic acids is 2. The number of piperazine rings is 1. The fraction of sp³-hybridized carbons (Fsp3) is 0.286. The number of aromatic nitrogens is 1. The molecule has 1 fully saturated rings. The molecule has 1 aromatic heterocycles. The first-order valence-corrected chi connectivity index (χ1v) is 9.86. The van der Waals surface area contributed by atoms with Gasteiger partial charge in [0.1, 0.15) is 0 Å². The Kier molecular flexibility index (Phi) is 5.64. The number of anilines is 1. The smallest absolute Gasteiger partial charge is 0.316 e. The molecule has 7 N–H and O–H groups in total. The summed E-state index contributed by atoms with van der Waals surface area (Å²) in [5.41, 5.74) is 11.5. The number of hydrogen-bond acceptors (Lipinski definition) is 5. The van der Waals surface area contributed by atoms with E-state index in [2.05, 4.69) is 31.2 Å². The summed E-state index contributed by atoms with van der Waals surface area (Å²) < 4.78 is 0. The van der Waals surface area contributed by atoms with Crippen molar-refractivity contribution in [3.05, 3.63) is 47.3 Å². The van der Waals surface area contributed by atoms with E-state index in [1.807, 2.05) is 37.5 Å². The van der Waals surface area contributed by atoms with Crippen LogP contribution in [0, 0.1) is 0 Å². The zero-order chi connectivity index (χ0) is 21.1. The van der Waals surface area contributed by atoms with E-state index in [9.17, 15) is 9.59 Å². The van der Waals surface area contributed by atoms with E-state index in [4.69, 9.17) is 5.73 Å². The molecule has 1 aromatic carbocycles. The zero-order valence-corrected chi connectivity index (χ0v) is 16.7. The number of allylic oxidation sites excluding steroid dienone is 2. The quantitative estimate of drug-likeness (QED) is 0.445. The molecule has 156 valence electrons. The van der Waals surface area contributed by atoms with Crippen molar-refractivity contribution in [2.75, 3.05) is 25.0 Å². The number of benzene rings is 1. The Morgan fingerprint density at radius 3 is 2.90 bits per heavy atom. The van der Waals surface area contributed by atoms with Gasteiger partial charge in [-0.05, 0) is 42.3 Å². The maximum absolute atomic E-state index is 12.3. The minimum atomic E-state index is -0.605. The predicted octanol–water partition coefficient (Wildman–Crippen LogP) is 1.33. The Morgan fingerprint density at radius 2 is 2.13 bits per heavy atom. The molecule has 1 saturated heterocycles. The third-order valence-electron chi connectivity index (χ3n) is 5.26. The Hall–Kier alpha value is -3.43. The van der Waals surface area contributed by atoms with Gasteiger partial charge in [-0.3, -0.25) is 9.79 Å². The lowest BCUT2D eigenvalue weighted by molar-refractivity contribution is -0.123. The summed E-state index contributed by atoms with van der Waals surface area (Å²) in [5.74, 6) is -0.00800. The van der Waals surface area contributed by atoms with E-state index in [1.54, 1.807) is 6.07 Å². The molecule has 4 rings (SSSR count). The second-order valence-corrected chi connectivity index (χ2v) is 7.37. The zero-order valence-electron chi connectivity index (χ0n) is 16.7. The number of H-pyrrole nitrogens is 1. The molecule has 0 saturated carbocycles. The van der Waals surface area contributed by atoms with E-state index in [0.717, 1.165) is 46.7 Å². The molecule has 30 heavy (non-hydrogen) atoms. The van der Waals surface area contributed by atoms with E-state index < -0.39 is 6.03 Å². The van der Waals surface area contributed by atoms with Gasteiger partial charge in [-0.25, -0.2) is 4.79 Å². The number of amides is 3. The average molecular weight is 407 g/mol. The van der Waals surface area contributed by atoms with Crippen LogP contribution in [-0.2, 0) is 11.3 Å². The summed E-state index contributed by atoms with van der Waals surface area (Å²) in [5, 5.41) is 12.0. The molecule has 9 nitrogen and oxygen atoms in total. The minimum Gasteiger partial charge on any atom is -0.361 e. The van der Waals surface area contributed by atoms with Crippen LogP contribution in [0.25, 0.3) is 11.1 Å². The highest BCUT2D eigenvalue weighted by molar-refractivity contribution is 6.24. The van der Waals surface area contributed by atoms with Crippen molar-refractivity contribution in [1.29, 1.82) is 0 Å². The first kappa shape index (κ1) is 19.9. The number of primary amides is 1. The summed E-state index contributed by atoms with van der Waals surface area (Å²) in [6, 6.07) is 6.70. The minimum absolute atomic E-state index is 0.00800. The van der Waals surface area contributed by atoms with Gasteiger partial charge in [0.2, 0.25) is 5.91 Å². The molecule has 1 atom stereocenters. The van der Waals surface area contributed by atoms with Crippen molar-refractivity contribution >= 4 is 40.7 Å². The summed E-state index contributed by atoms with van der Waals surface area (Å²) in [7, 11) is 0. The standard InChI is InChI=1S/C21H25N7O2/c1-12(16-10-26-17-3-2-14(7-15(16)17)28-21(22)30)18-6-13(8-25-18)9-27-20(29)19-11-23-4-5-24-19/h2-3,6-8,10,19,23-25H,4-5,9,11H2,1H3,(H,27,29)(H3,22,28,30). The maximum Gasteiger partial charge on any atom is 0.316 e. The van der Waals surface area contributed by atoms with E-state index in [0.29, 0.717) is 18.8 Å². The molecule has 3 amide bonds. The average Bonchev–Trinajstić information content (AvgIpc) is 3.39. The summed E-state index contributed by atoms with van der Waals surface area (Å²) in [4.78, 5) is 31.2. The lowest BCUT2D eigenvalue weighted by Gasteiger charge is -2.23. The second-order valence-electron chi connectivity index (χ2n) is 7.37. The molecule has 1 unspecified atom stereocenters. The Labute approximate surface area is 174 Å². The number of nitrogens with two attached hydrogens (primary N) is 1. The first-order valence-electron chi connectivity index (χ1n) is 9.86. The number of rotatable bonds is 5. The highest BCUT2D eigenvalue weighted by Crippen LogP contribution is 2.37. The van der Waals surface area contributed by atoms with Crippen LogP contribution in [0.1, 0.15) is 23.7 Å². The van der Waals surface area contributed by atoms with E-state index in [-0.39, 0.29) is 11.9 Å². The lowest BCUT2D eigenvalue weighted by atomic mass is 9.99. The van der Waals surface area contributed by atoms with Gasteiger partial charge in [0.05, 0.1) is 11.7 Å². The van der Waals surface area contributed by atoms with Crippen LogP contribution in [0.3, 0.4) is 0 Å². The predicted molar refractivity (Wildman–Crippen MR) is 118 cm³/mol. The van der Waals surface area contributed by atoms with Crippen LogP contribution < -0.4 is 27.0 Å². The van der Waals surface area contributed by atoms with Crippen molar-refractivity contribution in [3.63, 3.8) is 0 Å². The van der Waals surface area contributed by atoms with Gasteiger partial charge >= 0.3 is 6.03 Å². The van der Waals surface area contributed by atoms with Crippen LogP contribution in [-0.4, -0.2) is 48.8 Å². The van der Waals surface area contributed by atoms with Gasteiger partial charge in [-0.15, -0.1) is 0 Å². The van der Waals surface area contributed by atoms with Crippen molar-refractivity contribution < 1.29 is 9.59 Å². The van der Waals surface area contributed by atoms with Crippen LogP contribution in [0.4, 0.5) is 16.2 Å². The Bertz CT molecular complexity index is 1030. The molecule has 0 spiro atoms. The molecule has 2 aromatic rings. The molecule has 3 heterocycles. The molecule has 0 aliphatic carbocycles. The van der Waals surface area contributed by atoms with Gasteiger partial charge in [0.15, 0.2) is 0 Å². The number of hydrogen-bond donors (Lipinski definition) is 6. The fourth-order valence-corrected chi connectivity index (χ4v) is 3.64. The van der Waals surface area contributed by atoms with Crippen molar-refractivity contribution in [2.45, 2.75) is 19.5 Å². The normalized spacial score (nSPS) is 19.3. The number of nitrogens with one attached hydrogen (secondary N) is 5. The number of nitrogens with zero attached hydrogens (tertiary/aromatic N) is 1. The number of aromatic amines is 1. The molecule has 9 heteroatoms. The number of urea groups is 1. The molecular weight excluding hydrogens is 382 g/mol. The van der Waals surface area contributed by atoms with Gasteiger partial charge in [0.25, 0.3) is 0 Å². The summed E-state index contributed by atoms with van der Waals surface area (Å²) >= 11 is 0. The first-order chi connectivity index (χ1) is 14.5. The van der Waals surface area contributed by atoms with E-state index in [1.165, 1.54) is 0 Å². The third-order valence-corrected chi connectivity index (χ3v) is 5.26. The number of carbonyl (C=O) groups is 2. The van der Waals surface area contributed by atoms with Crippen molar-refractivity contribution in [3.8, 4) is 0 Å². The molecule has 2 aliphatic rings. The van der Waals surface area contributed by atoms with Crippen molar-refractivity contribution in [1.82, 2.24) is 20.9 Å². The van der Waals surface area contributed by atoms with Crippen LogP contribution in [0.5, 0.6) is 0 Å². The lowest BCUT2D eigenvalue weighted by Crippen LogP contribution is -2.55. The molecular formula is C21H25N7O2. The van der Waals surface area contributed by atoms with E-state index >= 15 is 0 Å². The number of aliphatic imine (C=N–C) groups is 1. The molecule has 2 aliphatic heterocycles. The second kappa shape index (κ2) is 8.52. The highest BCUT2D eigenvalue weighted by Gasteiger charge is 2.20. The summed E-state index contributed by atoms with van der Waals surface area (Å²) in [6.45, 7) is 4.77. The number of fused-ring (bicyclic) bond motifs is 1. The third kappa shape index (κ3) is 4.27. The highest BCUT2D eigenvalue weighted by atomic mass is 16.2. The van der Waals surface area contributed by atoms with Gasteiger partial charge < -0.3 is 32.0 Å². The van der Waals surface area contributed by atoms with Crippen molar-refractivity contribution in [2.24, 2.45) is 10.7 Å². The maximum atomic E-state index is 12.3. The Morgan fingerprint density at radius 1 is 1.27 bits per heavy atom. The largest absolute Gasteiger partial charge is 0.361 e. The van der Waals surface area contributed by atoms with Crippen LogP contribution in [0.2, 0.25) is 0 Å². The Balaban J connectivity index is 1.47. The van der Waals surface area contributed by atoms with Gasteiger partial charge in [0, 0.05) is 61.1 Å². The monoisotopic (exact) mass is 407 g/mol. The summed E-state index contributed by atoms with van der Waals surface area (Å²) in [6.07, 6.45) is 3.71. The fourth-order valence-electron chi connectivity index (χ4n) is 3.64.